The van der Waals surface area contributed by atoms with E-state index in [1.807, 2.05) is 48.8 Å². The van der Waals surface area contributed by atoms with Gasteiger partial charge in [0.05, 0.1) is 12.7 Å². The molecule has 3 aromatic carbocycles. The molecule has 4 aromatic rings. The highest BCUT2D eigenvalue weighted by atomic mass is 16.5. The van der Waals surface area contributed by atoms with Gasteiger partial charge in [-0.3, -0.25) is 14.7 Å². The molecule has 202 valence electrons. The van der Waals surface area contributed by atoms with Crippen LogP contribution in [0.25, 0.3) is 11.1 Å². The highest BCUT2D eigenvalue weighted by molar-refractivity contribution is 5.91. The van der Waals surface area contributed by atoms with Crippen LogP contribution in [0.2, 0.25) is 0 Å². The molecule has 1 N–H and O–H groups in total. The molecule has 1 amide bonds. The normalized spacial score (nSPS) is 18.0. The summed E-state index contributed by atoms with van der Waals surface area (Å²) in [6, 6.07) is 26.3. The molecule has 1 aliphatic heterocycles. The van der Waals surface area contributed by atoms with Gasteiger partial charge in [-0.15, -0.1) is 0 Å². The number of carbonyl (C=O) groups is 2. The lowest BCUT2D eigenvalue weighted by Crippen LogP contribution is -2.32. The third kappa shape index (κ3) is 5.54. The lowest BCUT2D eigenvalue weighted by molar-refractivity contribution is -0.122. The van der Waals surface area contributed by atoms with E-state index in [9.17, 15) is 9.59 Å². The molecule has 6 rings (SSSR count). The molecular formula is C34H33N3O3. The van der Waals surface area contributed by atoms with Gasteiger partial charge in [-0.2, -0.15) is 0 Å². The molecule has 1 aromatic heterocycles. The summed E-state index contributed by atoms with van der Waals surface area (Å²) in [6.07, 6.45) is 5.46. The molecule has 0 spiro atoms. The molecule has 2 heterocycles. The maximum Gasteiger partial charge on any atom is 0.337 e. The zero-order valence-electron chi connectivity index (χ0n) is 22.7. The van der Waals surface area contributed by atoms with E-state index >= 15 is 0 Å². The van der Waals surface area contributed by atoms with Crippen molar-refractivity contribution in [1.29, 1.82) is 0 Å². The van der Waals surface area contributed by atoms with E-state index in [-0.39, 0.29) is 17.8 Å². The first-order valence-corrected chi connectivity index (χ1v) is 13.9. The Bertz CT molecular complexity index is 1520. The number of ether oxygens (including phenoxy) is 1. The van der Waals surface area contributed by atoms with Crippen molar-refractivity contribution >= 4 is 11.9 Å². The SMILES string of the molecule is COC(=O)c1cccc(-c2ccc(CNC(=O)[C@H]3C[C@H]3c3ccccc3)c3c2CCN(Cc2ccncc2)C3)c1. The van der Waals surface area contributed by atoms with E-state index in [1.54, 1.807) is 6.07 Å². The highest BCUT2D eigenvalue weighted by Crippen LogP contribution is 2.47. The Morgan fingerprint density at radius 2 is 1.80 bits per heavy atom. The van der Waals surface area contributed by atoms with Gasteiger partial charge in [0, 0.05) is 44.5 Å². The quantitative estimate of drug-likeness (QED) is 0.304. The van der Waals surface area contributed by atoms with E-state index in [4.69, 9.17) is 4.74 Å². The number of hydrogen-bond acceptors (Lipinski definition) is 5. The largest absolute Gasteiger partial charge is 0.465 e. The van der Waals surface area contributed by atoms with Crippen LogP contribution in [0.15, 0.2) is 91.3 Å². The second kappa shape index (κ2) is 11.4. The Morgan fingerprint density at radius 3 is 2.60 bits per heavy atom. The minimum atomic E-state index is -0.340. The number of hydrogen-bond donors (Lipinski definition) is 1. The predicted molar refractivity (Wildman–Crippen MR) is 154 cm³/mol. The molecular weight excluding hydrogens is 498 g/mol. The molecule has 2 aliphatic rings. The summed E-state index contributed by atoms with van der Waals surface area (Å²) in [7, 11) is 1.40. The average Bonchev–Trinajstić information content (AvgIpc) is 3.82. The van der Waals surface area contributed by atoms with Gasteiger partial charge in [-0.1, -0.05) is 54.6 Å². The summed E-state index contributed by atoms with van der Waals surface area (Å²) in [5.74, 6) is 0.145. The summed E-state index contributed by atoms with van der Waals surface area (Å²) in [5.41, 5.74) is 8.84. The maximum absolute atomic E-state index is 13.1. The van der Waals surface area contributed by atoms with E-state index in [2.05, 4.69) is 51.6 Å². The monoisotopic (exact) mass is 531 g/mol. The minimum Gasteiger partial charge on any atom is -0.465 e. The van der Waals surface area contributed by atoms with Crippen LogP contribution < -0.4 is 5.32 Å². The Labute approximate surface area is 235 Å². The number of benzene rings is 3. The standard InChI is InChI=1S/C34H33N3O3/c1-40-34(39)26-9-5-8-25(18-26)28-11-10-27(20-36-33(38)31-19-30(31)24-6-3-2-4-7-24)32-22-37(17-14-29(28)32)21-23-12-15-35-16-13-23/h2-13,15-16,18,30-31H,14,17,19-22H2,1H3,(H,36,38)/t30-,31-/m0/s1. The Kier molecular flexibility index (Phi) is 7.43. The van der Waals surface area contributed by atoms with E-state index < -0.39 is 0 Å². The second-order valence-corrected chi connectivity index (χ2v) is 10.7. The molecule has 0 bridgehead atoms. The van der Waals surface area contributed by atoms with Gasteiger partial charge in [0.1, 0.15) is 0 Å². The third-order valence-corrected chi connectivity index (χ3v) is 8.15. The fraction of sp³-hybridized carbons (Fsp3) is 0.265. The summed E-state index contributed by atoms with van der Waals surface area (Å²) in [6.45, 7) is 3.07. The van der Waals surface area contributed by atoms with Gasteiger partial charge < -0.3 is 10.1 Å². The fourth-order valence-corrected chi connectivity index (χ4v) is 5.91. The first-order chi connectivity index (χ1) is 19.6. The number of carbonyl (C=O) groups excluding carboxylic acids is 2. The van der Waals surface area contributed by atoms with E-state index in [0.717, 1.165) is 49.2 Å². The number of esters is 1. The molecule has 1 fully saturated rings. The van der Waals surface area contributed by atoms with Crippen molar-refractivity contribution in [3.8, 4) is 11.1 Å². The molecule has 0 radical (unpaired) electrons. The van der Waals surface area contributed by atoms with Crippen molar-refractivity contribution in [3.63, 3.8) is 0 Å². The van der Waals surface area contributed by atoms with Crippen LogP contribution in [0, 0.1) is 5.92 Å². The number of methoxy groups -OCH3 is 1. The molecule has 0 unspecified atom stereocenters. The van der Waals surface area contributed by atoms with Crippen LogP contribution in [0.1, 0.15) is 50.5 Å². The van der Waals surface area contributed by atoms with Crippen molar-refractivity contribution in [2.45, 2.75) is 38.4 Å². The number of rotatable bonds is 8. The van der Waals surface area contributed by atoms with Gasteiger partial charge in [-0.25, -0.2) is 4.79 Å². The van der Waals surface area contributed by atoms with Crippen molar-refractivity contribution in [2.75, 3.05) is 13.7 Å². The van der Waals surface area contributed by atoms with Gasteiger partial charge in [0.25, 0.3) is 0 Å². The predicted octanol–water partition coefficient (Wildman–Crippen LogP) is 5.51. The Balaban J connectivity index is 1.25. The molecule has 1 aliphatic carbocycles. The molecule has 6 heteroatoms. The molecule has 6 nitrogen and oxygen atoms in total. The van der Waals surface area contributed by atoms with Gasteiger partial charge in [0.15, 0.2) is 0 Å². The van der Waals surface area contributed by atoms with Gasteiger partial charge >= 0.3 is 5.97 Å². The molecule has 40 heavy (non-hydrogen) atoms. The zero-order chi connectivity index (χ0) is 27.5. The highest BCUT2D eigenvalue weighted by Gasteiger charge is 2.43. The molecule has 0 saturated heterocycles. The van der Waals surface area contributed by atoms with Crippen LogP contribution in [-0.2, 0) is 35.6 Å². The number of nitrogens with one attached hydrogen (secondary N) is 1. The molecule has 2 atom stereocenters. The number of aromatic nitrogens is 1. The van der Waals surface area contributed by atoms with Crippen molar-refractivity contribution in [2.24, 2.45) is 5.92 Å². The number of fused-ring (bicyclic) bond motifs is 1. The Morgan fingerprint density at radius 1 is 0.975 bits per heavy atom. The Hall–Kier alpha value is -4.29. The summed E-state index contributed by atoms with van der Waals surface area (Å²) < 4.78 is 4.95. The van der Waals surface area contributed by atoms with Gasteiger partial charge in [0.2, 0.25) is 5.91 Å². The number of pyridine rings is 1. The van der Waals surface area contributed by atoms with E-state index in [0.29, 0.717) is 18.0 Å². The first-order valence-electron chi connectivity index (χ1n) is 13.9. The number of nitrogens with zero attached hydrogens (tertiary/aromatic N) is 2. The second-order valence-electron chi connectivity index (χ2n) is 10.7. The average molecular weight is 532 g/mol. The van der Waals surface area contributed by atoms with Crippen LogP contribution >= 0.6 is 0 Å². The van der Waals surface area contributed by atoms with Crippen molar-refractivity contribution in [1.82, 2.24) is 15.2 Å². The van der Waals surface area contributed by atoms with Crippen LogP contribution in [-0.4, -0.2) is 35.4 Å². The first kappa shape index (κ1) is 26.0. The summed E-state index contributed by atoms with van der Waals surface area (Å²) in [4.78, 5) is 31.9. The van der Waals surface area contributed by atoms with E-state index in [1.165, 1.54) is 29.4 Å². The van der Waals surface area contributed by atoms with Crippen LogP contribution in [0.5, 0.6) is 0 Å². The lowest BCUT2D eigenvalue weighted by atomic mass is 9.87. The minimum absolute atomic E-state index is 0.0433. The maximum atomic E-state index is 13.1. The zero-order valence-corrected chi connectivity index (χ0v) is 22.7. The fourth-order valence-electron chi connectivity index (χ4n) is 5.91. The lowest BCUT2D eigenvalue weighted by Gasteiger charge is -2.32. The topological polar surface area (TPSA) is 71.5 Å². The summed E-state index contributed by atoms with van der Waals surface area (Å²) in [5, 5.41) is 3.24. The third-order valence-electron chi connectivity index (χ3n) is 8.15. The van der Waals surface area contributed by atoms with Gasteiger partial charge in [-0.05, 0) is 82.0 Å². The molecule has 1 saturated carbocycles. The summed E-state index contributed by atoms with van der Waals surface area (Å²) >= 11 is 0. The van der Waals surface area contributed by atoms with Crippen LogP contribution in [0.4, 0.5) is 0 Å². The number of amides is 1. The van der Waals surface area contributed by atoms with Crippen molar-refractivity contribution < 1.29 is 14.3 Å². The van der Waals surface area contributed by atoms with Crippen LogP contribution in [0.3, 0.4) is 0 Å². The smallest absolute Gasteiger partial charge is 0.337 e. The van der Waals surface area contributed by atoms with Crippen molar-refractivity contribution in [3.05, 3.63) is 125 Å².